The van der Waals surface area contributed by atoms with Crippen molar-refractivity contribution in [3.63, 3.8) is 0 Å². The average Bonchev–Trinajstić information content (AvgIpc) is 3.64. The molecule has 13 nitrogen and oxygen atoms in total. The van der Waals surface area contributed by atoms with E-state index in [9.17, 15) is 24.0 Å². The van der Waals surface area contributed by atoms with Crippen LogP contribution >= 0.6 is 23.5 Å². The molecule has 82 heavy (non-hydrogen) atoms. The fourth-order valence-corrected chi connectivity index (χ4v) is 12.3. The Bertz CT molecular complexity index is 3150. The van der Waals surface area contributed by atoms with Gasteiger partial charge in [0.05, 0.1) is 23.7 Å². The Morgan fingerprint density at radius 3 is 1.28 bits per heavy atom. The minimum Gasteiger partial charge on any atom is -0.467 e. The molecule has 0 aliphatic heterocycles. The van der Waals surface area contributed by atoms with Crippen molar-refractivity contribution in [3.8, 4) is 0 Å². The Morgan fingerprint density at radius 1 is 0.427 bits per heavy atom. The van der Waals surface area contributed by atoms with Crippen LogP contribution in [-0.4, -0.2) is 85.0 Å². The first-order valence-electron chi connectivity index (χ1n) is 26.9. The number of nitrogens with one attached hydrogen (secondary N) is 5. The van der Waals surface area contributed by atoms with Crippen LogP contribution in [0.4, 0.5) is 4.79 Å². The van der Waals surface area contributed by atoms with Crippen molar-refractivity contribution in [1.29, 1.82) is 0 Å². The number of carbonyl (C=O) groups excluding carboxylic acids is 6. The normalized spacial score (nSPS) is 12.6. The molecule has 0 saturated carbocycles. The third-order valence-corrected chi connectivity index (χ3v) is 16.6. The van der Waals surface area contributed by atoms with E-state index in [2.05, 4.69) is 26.6 Å². The van der Waals surface area contributed by atoms with Crippen molar-refractivity contribution in [1.82, 2.24) is 26.6 Å². The minimum absolute atomic E-state index is 0.00144. The third-order valence-electron chi connectivity index (χ3n) is 13.5. The summed E-state index contributed by atoms with van der Waals surface area (Å²) in [6.45, 7) is -0.648. The quantitative estimate of drug-likeness (QED) is 0.0246. The number of hydrogen-bond donors (Lipinski definition) is 5. The number of rotatable bonds is 27. The van der Waals surface area contributed by atoms with E-state index in [1.165, 1.54) is 30.6 Å². The summed E-state index contributed by atoms with van der Waals surface area (Å²) in [6.07, 6.45) is -0.650. The number of carbonyl (C=O) groups is 6. The Labute approximate surface area is 487 Å². The van der Waals surface area contributed by atoms with E-state index >= 15 is 4.79 Å². The number of benzene rings is 8. The Morgan fingerprint density at radius 2 is 0.817 bits per heavy atom. The molecule has 0 aliphatic rings. The second-order valence-electron chi connectivity index (χ2n) is 19.2. The van der Waals surface area contributed by atoms with E-state index in [0.717, 1.165) is 44.5 Å². The van der Waals surface area contributed by atoms with Gasteiger partial charge in [-0.2, -0.15) is 0 Å². The highest BCUT2D eigenvalue weighted by Gasteiger charge is 2.39. The van der Waals surface area contributed by atoms with E-state index in [4.69, 9.17) is 9.47 Å². The van der Waals surface area contributed by atoms with E-state index < -0.39 is 71.2 Å². The number of thioether (sulfide) groups is 2. The molecule has 0 fully saturated rings. The number of hydrogen-bond acceptors (Lipinski definition) is 10. The van der Waals surface area contributed by atoms with Crippen molar-refractivity contribution in [2.75, 3.05) is 25.2 Å². The molecule has 4 atom stereocenters. The molecule has 0 heterocycles. The van der Waals surface area contributed by atoms with Gasteiger partial charge in [-0.25, -0.2) is 9.59 Å². The summed E-state index contributed by atoms with van der Waals surface area (Å²) in [5.74, 6) is -3.37. The molecule has 15 heteroatoms. The van der Waals surface area contributed by atoms with E-state index in [0.29, 0.717) is 0 Å². The predicted molar refractivity (Wildman–Crippen MR) is 324 cm³/mol. The highest BCUT2D eigenvalue weighted by Crippen LogP contribution is 2.48. The number of alkyl carbamates (subject to hydrolysis) is 1. The Hall–Kier alpha value is -8.92. The Kier molecular flexibility index (Phi) is 22.1. The molecular weight excluding hydrogens is 1070 g/mol. The molecule has 4 unspecified atom stereocenters. The van der Waals surface area contributed by atoms with Crippen LogP contribution in [0.25, 0.3) is 0 Å². The van der Waals surface area contributed by atoms with Gasteiger partial charge in [-0.05, 0) is 44.5 Å². The fourth-order valence-electron chi connectivity index (χ4n) is 9.41. The lowest BCUT2D eigenvalue weighted by Gasteiger charge is -2.36. The molecule has 5 amide bonds. The van der Waals surface area contributed by atoms with Crippen LogP contribution in [0.15, 0.2) is 243 Å². The predicted octanol–water partition coefficient (Wildman–Crippen LogP) is 9.76. The van der Waals surface area contributed by atoms with Crippen LogP contribution < -0.4 is 26.6 Å². The van der Waals surface area contributed by atoms with E-state index in [-0.39, 0.29) is 36.2 Å². The highest BCUT2D eigenvalue weighted by molar-refractivity contribution is 8.00. The topological polar surface area (TPSA) is 181 Å². The van der Waals surface area contributed by atoms with Crippen molar-refractivity contribution in [2.24, 2.45) is 0 Å². The number of esters is 1. The van der Waals surface area contributed by atoms with Crippen LogP contribution in [0.2, 0.25) is 0 Å². The van der Waals surface area contributed by atoms with Gasteiger partial charge < -0.3 is 36.1 Å². The monoisotopic (exact) mass is 1130 g/mol. The zero-order chi connectivity index (χ0) is 57.4. The first-order chi connectivity index (χ1) is 40.1. The summed E-state index contributed by atoms with van der Waals surface area (Å²) >= 11 is 2.87. The van der Waals surface area contributed by atoms with Crippen molar-refractivity contribution >= 4 is 59.2 Å². The van der Waals surface area contributed by atoms with Crippen LogP contribution in [0, 0.1) is 0 Å². The molecule has 0 saturated heterocycles. The summed E-state index contributed by atoms with van der Waals surface area (Å²) < 4.78 is 9.89. The van der Waals surface area contributed by atoms with Gasteiger partial charge in [0.2, 0.25) is 23.6 Å². The van der Waals surface area contributed by atoms with Crippen molar-refractivity contribution in [3.05, 3.63) is 287 Å². The van der Waals surface area contributed by atoms with Gasteiger partial charge in [0.15, 0.2) is 0 Å². The molecule has 8 aromatic rings. The number of amides is 5. The molecule has 0 bridgehead atoms. The van der Waals surface area contributed by atoms with Gasteiger partial charge in [0.25, 0.3) is 0 Å². The maximum absolute atomic E-state index is 15.2. The Balaban J connectivity index is 1.08. The lowest BCUT2D eigenvalue weighted by atomic mass is 9.84. The molecule has 0 spiro atoms. The van der Waals surface area contributed by atoms with Gasteiger partial charge >= 0.3 is 12.1 Å². The van der Waals surface area contributed by atoms with Gasteiger partial charge in [-0.15, -0.1) is 23.5 Å². The van der Waals surface area contributed by atoms with Gasteiger partial charge in [0.1, 0.15) is 30.8 Å². The fraction of sp³-hybridized carbons (Fsp3) is 0.194. The molecule has 8 rings (SSSR count). The molecule has 5 N–H and O–H groups in total. The lowest BCUT2D eigenvalue weighted by Crippen LogP contribution is -2.57. The van der Waals surface area contributed by atoms with Gasteiger partial charge in [-0.3, -0.25) is 19.2 Å². The SMILES string of the molecule is COC(=O)C(Cc1ccccc1)NC(=O)C(Cc1ccccc1)NC(=O)CNC(=O)C(CSC(c1ccccc1)c1ccccc1)NC(=O)C(CSC(c1ccccc1)(c1ccccc1)c1ccccc1)NC(=O)OCc1ccccc1. The maximum atomic E-state index is 15.2. The minimum atomic E-state index is -1.28. The zero-order valence-corrected chi connectivity index (χ0v) is 46.9. The zero-order valence-electron chi connectivity index (χ0n) is 45.3. The largest absolute Gasteiger partial charge is 0.467 e. The van der Waals surface area contributed by atoms with Crippen molar-refractivity contribution < 1.29 is 38.2 Å². The molecule has 418 valence electrons. The summed E-state index contributed by atoms with van der Waals surface area (Å²) in [5.41, 5.74) is 6.97. The van der Waals surface area contributed by atoms with Gasteiger partial charge in [-0.1, -0.05) is 243 Å². The maximum Gasteiger partial charge on any atom is 0.408 e. The average molecular weight is 1130 g/mol. The van der Waals surface area contributed by atoms with Crippen LogP contribution in [0.5, 0.6) is 0 Å². The number of ether oxygens (including phenoxy) is 2. The first kappa shape index (κ1) is 59.2. The van der Waals surface area contributed by atoms with E-state index in [1.54, 1.807) is 0 Å². The second kappa shape index (κ2) is 30.6. The molecular formula is C67H65N5O8S2. The first-order valence-corrected chi connectivity index (χ1v) is 29.0. The second-order valence-corrected chi connectivity index (χ2v) is 21.6. The summed E-state index contributed by atoms with van der Waals surface area (Å²) in [5, 5.41) is 13.9. The molecule has 0 aromatic heterocycles. The molecule has 8 aromatic carbocycles. The summed E-state index contributed by atoms with van der Waals surface area (Å²) in [6, 6.07) is 72.0. The van der Waals surface area contributed by atoms with Crippen LogP contribution in [-0.2, 0) is 57.6 Å². The lowest BCUT2D eigenvalue weighted by molar-refractivity contribution is -0.145. The summed E-state index contributed by atoms with van der Waals surface area (Å²) in [7, 11) is 1.24. The smallest absolute Gasteiger partial charge is 0.408 e. The number of methoxy groups -OCH3 is 1. The van der Waals surface area contributed by atoms with Crippen molar-refractivity contribution in [2.45, 2.75) is 53.6 Å². The van der Waals surface area contributed by atoms with E-state index in [1.807, 2.05) is 243 Å². The third kappa shape index (κ3) is 16.8. The molecule has 0 radical (unpaired) electrons. The van der Waals surface area contributed by atoms with Crippen LogP contribution in [0.3, 0.4) is 0 Å². The molecule has 0 aliphatic carbocycles. The van der Waals surface area contributed by atoms with Crippen LogP contribution in [0.1, 0.15) is 49.8 Å². The highest BCUT2D eigenvalue weighted by atomic mass is 32.2. The summed E-state index contributed by atoms with van der Waals surface area (Å²) in [4.78, 5) is 85.2. The van der Waals surface area contributed by atoms with Gasteiger partial charge in [0, 0.05) is 24.3 Å². The standard InChI is InChI=1S/C67H65N5O8S2/c1-79-65(77)57(43-49-28-12-3-13-29-49)70-63(75)56(42-48-26-10-2-11-27-48)69-60(73)44-68-62(74)58(46-81-61(51-32-16-5-17-33-51)52-34-18-6-19-35-52)71-64(76)59(72-66(78)80-45-50-30-14-4-15-31-50)47-82-67(53-36-20-7-21-37-53,54-38-22-8-23-39-54)55-40-24-9-25-41-55/h2-41,56-59,61H,42-47H2,1H3,(H,68,74)(H,69,73)(H,70,75)(H,71,76)(H,72,78).